The Kier molecular flexibility index (Phi) is 3.70. The third-order valence-corrected chi connectivity index (χ3v) is 4.18. The van der Waals surface area contributed by atoms with Gasteiger partial charge in [0.25, 0.3) is 5.91 Å². The van der Waals surface area contributed by atoms with Crippen LogP contribution in [0.25, 0.3) is 0 Å². The first kappa shape index (κ1) is 13.8. The van der Waals surface area contributed by atoms with Crippen LogP contribution in [0.4, 0.5) is 10.8 Å². The maximum atomic E-state index is 12.1. The summed E-state index contributed by atoms with van der Waals surface area (Å²) < 4.78 is 0. The maximum absolute atomic E-state index is 12.1. The molecule has 0 aromatic carbocycles. The van der Waals surface area contributed by atoms with Gasteiger partial charge in [-0.25, -0.2) is 4.98 Å². The van der Waals surface area contributed by atoms with E-state index in [9.17, 15) is 9.59 Å². The van der Waals surface area contributed by atoms with E-state index < -0.39 is 0 Å². The van der Waals surface area contributed by atoms with Crippen molar-refractivity contribution in [3.8, 4) is 0 Å². The lowest BCUT2D eigenvalue weighted by Crippen LogP contribution is -2.12. The summed E-state index contributed by atoms with van der Waals surface area (Å²) in [5, 5.41) is 6.27. The Balaban J connectivity index is 1.63. The van der Waals surface area contributed by atoms with E-state index in [1.165, 1.54) is 11.3 Å². The molecule has 3 rings (SSSR count). The highest BCUT2D eigenvalue weighted by molar-refractivity contribution is 7.18. The Hall–Kier alpha value is -2.21. The summed E-state index contributed by atoms with van der Waals surface area (Å²) in [4.78, 5) is 28.4. The normalized spacial score (nSPS) is 13.8. The number of rotatable bonds is 4. The molecule has 0 spiro atoms. The van der Waals surface area contributed by atoms with Crippen molar-refractivity contribution >= 4 is 34.0 Å². The molecule has 1 saturated carbocycles. The first-order valence-electron chi connectivity index (χ1n) is 6.76. The molecule has 0 bridgehead atoms. The van der Waals surface area contributed by atoms with Gasteiger partial charge in [-0.1, -0.05) is 6.07 Å². The van der Waals surface area contributed by atoms with Crippen LogP contribution in [0, 0.1) is 12.8 Å². The topological polar surface area (TPSA) is 71.1 Å². The zero-order chi connectivity index (χ0) is 14.8. The molecule has 2 aromatic heterocycles. The molecule has 21 heavy (non-hydrogen) atoms. The first-order valence-corrected chi connectivity index (χ1v) is 7.58. The van der Waals surface area contributed by atoms with Crippen molar-refractivity contribution in [3.05, 3.63) is 40.9 Å². The lowest BCUT2D eigenvalue weighted by Gasteiger charge is -2.02. The van der Waals surface area contributed by atoms with Crippen molar-refractivity contribution in [2.24, 2.45) is 5.92 Å². The molecule has 6 heteroatoms. The van der Waals surface area contributed by atoms with Gasteiger partial charge in [0.15, 0.2) is 0 Å². The molecule has 2 heterocycles. The van der Waals surface area contributed by atoms with Crippen molar-refractivity contribution in [3.63, 3.8) is 0 Å². The molecular weight excluding hydrogens is 286 g/mol. The number of anilines is 2. The van der Waals surface area contributed by atoms with Gasteiger partial charge in [0.1, 0.15) is 5.82 Å². The second-order valence-electron chi connectivity index (χ2n) is 5.10. The molecular formula is C15H15N3O2S. The van der Waals surface area contributed by atoms with E-state index >= 15 is 0 Å². The highest BCUT2D eigenvalue weighted by atomic mass is 32.1. The van der Waals surface area contributed by atoms with E-state index in [0.717, 1.165) is 18.4 Å². The quantitative estimate of drug-likeness (QED) is 0.911. The molecule has 1 aliphatic rings. The smallest absolute Gasteiger partial charge is 0.266 e. The van der Waals surface area contributed by atoms with Crippen LogP contribution >= 0.6 is 11.3 Å². The summed E-state index contributed by atoms with van der Waals surface area (Å²) in [5.41, 5.74) is 1.04. The number of aryl methyl sites for hydroxylation is 1. The van der Waals surface area contributed by atoms with E-state index in [1.54, 1.807) is 24.4 Å². The number of aromatic nitrogens is 1. The zero-order valence-electron chi connectivity index (χ0n) is 11.6. The summed E-state index contributed by atoms with van der Waals surface area (Å²) in [6.07, 6.45) is 3.62. The number of pyridine rings is 1. The van der Waals surface area contributed by atoms with Crippen LogP contribution < -0.4 is 10.6 Å². The molecule has 0 aliphatic heterocycles. The Morgan fingerprint density at radius 2 is 2.00 bits per heavy atom. The van der Waals surface area contributed by atoms with Crippen molar-refractivity contribution in [2.75, 3.05) is 10.6 Å². The number of hydrogen-bond donors (Lipinski definition) is 2. The lowest BCUT2D eigenvalue weighted by atomic mass is 10.3. The van der Waals surface area contributed by atoms with E-state index in [1.807, 2.05) is 13.0 Å². The Labute approximate surface area is 126 Å². The largest absolute Gasteiger partial charge is 0.317 e. The molecule has 0 atom stereocenters. The second kappa shape index (κ2) is 5.65. The highest BCUT2D eigenvalue weighted by Gasteiger charge is 2.29. The Morgan fingerprint density at radius 3 is 2.67 bits per heavy atom. The number of nitrogens with zero attached hydrogens (tertiary/aromatic N) is 1. The molecule has 2 N–H and O–H groups in total. The molecule has 0 unspecified atom stereocenters. The van der Waals surface area contributed by atoms with Crippen molar-refractivity contribution in [1.29, 1.82) is 0 Å². The average molecular weight is 301 g/mol. The monoisotopic (exact) mass is 301 g/mol. The predicted molar refractivity (Wildman–Crippen MR) is 82.6 cm³/mol. The van der Waals surface area contributed by atoms with Crippen molar-refractivity contribution in [1.82, 2.24) is 4.98 Å². The minimum Gasteiger partial charge on any atom is -0.317 e. The molecule has 0 radical (unpaired) electrons. The minimum atomic E-state index is -0.219. The maximum Gasteiger partial charge on any atom is 0.266 e. The van der Waals surface area contributed by atoms with Crippen molar-refractivity contribution in [2.45, 2.75) is 19.8 Å². The predicted octanol–water partition coefficient (Wildman–Crippen LogP) is 3.05. The first-order chi connectivity index (χ1) is 10.1. The number of hydrogen-bond acceptors (Lipinski definition) is 4. The zero-order valence-corrected chi connectivity index (χ0v) is 12.4. The fourth-order valence-corrected chi connectivity index (χ4v) is 2.62. The van der Waals surface area contributed by atoms with Crippen LogP contribution in [0.1, 0.15) is 28.1 Å². The summed E-state index contributed by atoms with van der Waals surface area (Å²) in [6.45, 7) is 1.94. The van der Waals surface area contributed by atoms with Crippen molar-refractivity contribution < 1.29 is 9.59 Å². The summed E-state index contributed by atoms with van der Waals surface area (Å²) in [7, 11) is 0. The van der Waals surface area contributed by atoms with Gasteiger partial charge in [0.05, 0.1) is 9.88 Å². The number of carbonyl (C=O) groups is 2. The van der Waals surface area contributed by atoms with Gasteiger partial charge in [0.2, 0.25) is 5.91 Å². The van der Waals surface area contributed by atoms with Crippen LogP contribution in [0.3, 0.4) is 0 Å². The minimum absolute atomic E-state index is 0.0454. The van der Waals surface area contributed by atoms with Gasteiger partial charge in [0, 0.05) is 12.1 Å². The van der Waals surface area contributed by atoms with Crippen LogP contribution in [0.5, 0.6) is 0 Å². The van der Waals surface area contributed by atoms with Gasteiger partial charge >= 0.3 is 0 Å². The Bertz CT molecular complexity index is 674. The van der Waals surface area contributed by atoms with Gasteiger partial charge in [-0.3, -0.25) is 9.59 Å². The fourth-order valence-electron chi connectivity index (χ4n) is 1.82. The van der Waals surface area contributed by atoms with Gasteiger partial charge in [-0.05, 0) is 43.5 Å². The average Bonchev–Trinajstić information content (AvgIpc) is 3.22. The fraction of sp³-hybridized carbons (Fsp3) is 0.267. The number of carbonyl (C=O) groups excluding carboxylic acids is 2. The standard InChI is InChI=1S/C15H15N3O2S/c1-9-2-6-12(16-8-9)17-15(20)11-5-7-13(21-11)18-14(19)10-3-4-10/h2,5-8,10H,3-4H2,1H3,(H,18,19)(H,16,17,20). The van der Waals surface area contributed by atoms with E-state index in [2.05, 4.69) is 15.6 Å². The molecule has 2 aromatic rings. The van der Waals surface area contributed by atoms with Crippen LogP contribution in [-0.4, -0.2) is 16.8 Å². The van der Waals surface area contributed by atoms with Crippen LogP contribution in [-0.2, 0) is 4.79 Å². The summed E-state index contributed by atoms with van der Waals surface area (Å²) >= 11 is 1.27. The highest BCUT2D eigenvalue weighted by Crippen LogP contribution is 2.31. The van der Waals surface area contributed by atoms with E-state index in [0.29, 0.717) is 15.7 Å². The molecule has 1 aliphatic carbocycles. The number of amides is 2. The molecule has 0 saturated heterocycles. The molecule has 1 fully saturated rings. The lowest BCUT2D eigenvalue weighted by molar-refractivity contribution is -0.117. The summed E-state index contributed by atoms with van der Waals surface area (Å²) in [6, 6.07) is 7.11. The molecule has 2 amide bonds. The third kappa shape index (κ3) is 3.46. The number of nitrogens with one attached hydrogen (secondary N) is 2. The van der Waals surface area contributed by atoms with Crippen LogP contribution in [0.15, 0.2) is 30.5 Å². The SMILES string of the molecule is Cc1ccc(NC(=O)c2ccc(NC(=O)C3CC3)s2)nc1. The van der Waals surface area contributed by atoms with Gasteiger partial charge in [-0.2, -0.15) is 0 Å². The van der Waals surface area contributed by atoms with E-state index in [4.69, 9.17) is 0 Å². The second-order valence-corrected chi connectivity index (χ2v) is 6.19. The van der Waals surface area contributed by atoms with Crippen LogP contribution in [0.2, 0.25) is 0 Å². The Morgan fingerprint density at radius 1 is 1.19 bits per heavy atom. The number of thiophene rings is 1. The molecule has 5 nitrogen and oxygen atoms in total. The van der Waals surface area contributed by atoms with E-state index in [-0.39, 0.29) is 17.7 Å². The molecule has 108 valence electrons. The van der Waals surface area contributed by atoms with Gasteiger partial charge < -0.3 is 10.6 Å². The third-order valence-electron chi connectivity index (χ3n) is 3.18. The van der Waals surface area contributed by atoms with Gasteiger partial charge in [-0.15, -0.1) is 11.3 Å². The summed E-state index contributed by atoms with van der Waals surface area (Å²) in [5.74, 6) is 0.496.